The standard InChI is InChI=1S/C8H6Cl3N/c1-5-2-3-6(4-12-5)7(9)8(10)11/h2-4H,1H3. The first kappa shape index (κ1) is 9.85. The summed E-state index contributed by atoms with van der Waals surface area (Å²) < 4.78 is 0.0577. The average molecular weight is 223 g/mol. The van der Waals surface area contributed by atoms with Gasteiger partial charge < -0.3 is 0 Å². The first-order valence-corrected chi connectivity index (χ1v) is 4.38. The van der Waals surface area contributed by atoms with E-state index in [1.165, 1.54) is 0 Å². The molecular weight excluding hydrogens is 216 g/mol. The quantitative estimate of drug-likeness (QED) is 0.705. The van der Waals surface area contributed by atoms with Crippen molar-refractivity contribution in [2.24, 2.45) is 0 Å². The normalized spacial score (nSPS) is 9.67. The summed E-state index contributed by atoms with van der Waals surface area (Å²) in [5.74, 6) is 0. The van der Waals surface area contributed by atoms with Crippen molar-refractivity contribution in [3.63, 3.8) is 0 Å². The molecule has 0 radical (unpaired) electrons. The van der Waals surface area contributed by atoms with Gasteiger partial charge in [-0.1, -0.05) is 40.9 Å². The molecule has 4 heteroatoms. The molecule has 64 valence electrons. The summed E-state index contributed by atoms with van der Waals surface area (Å²) in [6.45, 7) is 1.89. The molecule has 0 spiro atoms. The van der Waals surface area contributed by atoms with Crippen LogP contribution in [0.2, 0.25) is 0 Å². The molecule has 1 rings (SSSR count). The first-order valence-electron chi connectivity index (χ1n) is 3.25. The van der Waals surface area contributed by atoms with Crippen LogP contribution in [0.4, 0.5) is 0 Å². The van der Waals surface area contributed by atoms with Gasteiger partial charge in [0, 0.05) is 17.5 Å². The maximum Gasteiger partial charge on any atom is 0.126 e. The smallest absolute Gasteiger partial charge is 0.126 e. The molecule has 0 aliphatic heterocycles. The molecule has 0 amide bonds. The van der Waals surface area contributed by atoms with E-state index >= 15 is 0 Å². The van der Waals surface area contributed by atoms with Crippen LogP contribution in [0, 0.1) is 6.92 Å². The molecule has 12 heavy (non-hydrogen) atoms. The Kier molecular flexibility index (Phi) is 3.39. The van der Waals surface area contributed by atoms with Crippen LogP contribution in [0.1, 0.15) is 11.3 Å². The average Bonchev–Trinajstić information content (AvgIpc) is 2.04. The van der Waals surface area contributed by atoms with Gasteiger partial charge in [0.1, 0.15) is 4.49 Å². The minimum Gasteiger partial charge on any atom is -0.261 e. The molecule has 0 N–H and O–H groups in total. The summed E-state index contributed by atoms with van der Waals surface area (Å²) in [4.78, 5) is 4.05. The lowest BCUT2D eigenvalue weighted by Gasteiger charge is -1.98. The van der Waals surface area contributed by atoms with Gasteiger partial charge in [-0.25, -0.2) is 0 Å². The number of hydrogen-bond donors (Lipinski definition) is 0. The molecule has 0 saturated heterocycles. The van der Waals surface area contributed by atoms with E-state index in [4.69, 9.17) is 34.8 Å². The van der Waals surface area contributed by atoms with E-state index in [1.54, 1.807) is 6.20 Å². The second-order valence-electron chi connectivity index (χ2n) is 2.26. The third kappa shape index (κ3) is 2.37. The van der Waals surface area contributed by atoms with Crippen molar-refractivity contribution < 1.29 is 0 Å². The van der Waals surface area contributed by atoms with Crippen molar-refractivity contribution in [3.05, 3.63) is 34.1 Å². The molecule has 1 aromatic heterocycles. The largest absolute Gasteiger partial charge is 0.261 e. The number of halogens is 3. The third-order valence-corrected chi connectivity index (χ3v) is 2.31. The summed E-state index contributed by atoms with van der Waals surface area (Å²) in [6.07, 6.45) is 1.63. The molecule has 0 aromatic carbocycles. The minimum atomic E-state index is 0.0577. The number of aromatic nitrogens is 1. The van der Waals surface area contributed by atoms with Crippen molar-refractivity contribution in [1.82, 2.24) is 4.98 Å². The molecule has 1 heterocycles. The fourth-order valence-electron chi connectivity index (χ4n) is 0.707. The van der Waals surface area contributed by atoms with Crippen LogP contribution in [0.5, 0.6) is 0 Å². The van der Waals surface area contributed by atoms with Crippen LogP contribution in [0.3, 0.4) is 0 Å². The molecule has 0 aliphatic rings. The Bertz CT molecular complexity index is 299. The predicted molar refractivity (Wildman–Crippen MR) is 53.5 cm³/mol. The highest BCUT2D eigenvalue weighted by atomic mass is 35.5. The summed E-state index contributed by atoms with van der Waals surface area (Å²) in [5.41, 5.74) is 1.65. The SMILES string of the molecule is Cc1ccc(C(Cl)=C(Cl)Cl)cn1. The summed E-state index contributed by atoms with van der Waals surface area (Å²) in [7, 11) is 0. The van der Waals surface area contributed by atoms with E-state index < -0.39 is 0 Å². The zero-order valence-corrected chi connectivity index (χ0v) is 8.58. The van der Waals surface area contributed by atoms with Gasteiger partial charge in [0.05, 0.1) is 5.03 Å². The van der Waals surface area contributed by atoms with Gasteiger partial charge in [0.2, 0.25) is 0 Å². The number of pyridine rings is 1. The molecule has 0 bridgehead atoms. The van der Waals surface area contributed by atoms with Crippen molar-refractivity contribution >= 4 is 39.8 Å². The second-order valence-corrected chi connectivity index (χ2v) is 3.59. The molecule has 1 aromatic rings. The van der Waals surface area contributed by atoms with Gasteiger partial charge in [-0.05, 0) is 13.0 Å². The van der Waals surface area contributed by atoms with Gasteiger partial charge in [-0.15, -0.1) is 0 Å². The van der Waals surface area contributed by atoms with Crippen LogP contribution >= 0.6 is 34.8 Å². The molecule has 1 nitrogen and oxygen atoms in total. The lowest BCUT2D eigenvalue weighted by atomic mass is 10.2. The fraction of sp³-hybridized carbons (Fsp3) is 0.125. The van der Waals surface area contributed by atoms with E-state index in [1.807, 2.05) is 19.1 Å². The Labute approximate surface area is 86.0 Å². The van der Waals surface area contributed by atoms with E-state index in [9.17, 15) is 0 Å². The Morgan fingerprint density at radius 1 is 1.25 bits per heavy atom. The number of aryl methyl sites for hydroxylation is 1. The Morgan fingerprint density at radius 2 is 1.92 bits per heavy atom. The van der Waals surface area contributed by atoms with Gasteiger partial charge >= 0.3 is 0 Å². The molecule has 0 atom stereocenters. The summed E-state index contributed by atoms with van der Waals surface area (Å²) in [6, 6.07) is 3.66. The van der Waals surface area contributed by atoms with Gasteiger partial charge in [-0.3, -0.25) is 4.98 Å². The maximum atomic E-state index is 5.77. The molecule has 0 unspecified atom stereocenters. The third-order valence-electron chi connectivity index (χ3n) is 1.33. The van der Waals surface area contributed by atoms with E-state index in [0.717, 1.165) is 11.3 Å². The zero-order valence-electron chi connectivity index (χ0n) is 6.31. The number of hydrogen-bond acceptors (Lipinski definition) is 1. The highest BCUT2D eigenvalue weighted by Gasteiger charge is 2.02. The van der Waals surface area contributed by atoms with Crippen LogP contribution < -0.4 is 0 Å². The van der Waals surface area contributed by atoms with Crippen LogP contribution in [0.15, 0.2) is 22.8 Å². The fourth-order valence-corrected chi connectivity index (χ4v) is 1.04. The molecule has 0 aliphatic carbocycles. The van der Waals surface area contributed by atoms with Crippen molar-refractivity contribution in [3.8, 4) is 0 Å². The topological polar surface area (TPSA) is 12.9 Å². The highest BCUT2D eigenvalue weighted by Crippen LogP contribution is 2.27. The maximum absolute atomic E-state index is 5.77. The minimum absolute atomic E-state index is 0.0577. The van der Waals surface area contributed by atoms with Crippen molar-refractivity contribution in [2.45, 2.75) is 6.92 Å². The monoisotopic (exact) mass is 221 g/mol. The van der Waals surface area contributed by atoms with Crippen LogP contribution in [-0.2, 0) is 0 Å². The lowest BCUT2D eigenvalue weighted by molar-refractivity contribution is 1.19. The molecule has 0 saturated carbocycles. The van der Waals surface area contributed by atoms with Gasteiger partial charge in [0.15, 0.2) is 0 Å². The molecular formula is C8H6Cl3N. The number of nitrogens with zero attached hydrogens (tertiary/aromatic N) is 1. The van der Waals surface area contributed by atoms with Gasteiger partial charge in [0.25, 0.3) is 0 Å². The molecule has 0 fully saturated rings. The van der Waals surface area contributed by atoms with Crippen LogP contribution in [0.25, 0.3) is 5.03 Å². The predicted octanol–water partition coefficient (Wildman–Crippen LogP) is 3.73. The Balaban J connectivity index is 3.06. The summed E-state index contributed by atoms with van der Waals surface area (Å²) in [5, 5.41) is 0.325. The second kappa shape index (κ2) is 4.13. The van der Waals surface area contributed by atoms with E-state index in [-0.39, 0.29) is 4.49 Å². The van der Waals surface area contributed by atoms with E-state index in [0.29, 0.717) is 5.03 Å². The summed E-state index contributed by atoms with van der Waals surface area (Å²) >= 11 is 16.7. The number of rotatable bonds is 1. The van der Waals surface area contributed by atoms with Crippen molar-refractivity contribution in [2.75, 3.05) is 0 Å². The zero-order chi connectivity index (χ0) is 9.14. The highest BCUT2D eigenvalue weighted by molar-refractivity contribution is 6.66. The van der Waals surface area contributed by atoms with Crippen LogP contribution in [-0.4, -0.2) is 4.98 Å². The van der Waals surface area contributed by atoms with E-state index in [2.05, 4.69) is 4.98 Å². The van der Waals surface area contributed by atoms with Gasteiger partial charge in [-0.2, -0.15) is 0 Å². The Hall–Kier alpha value is -0.240. The first-order chi connectivity index (χ1) is 5.61. The van der Waals surface area contributed by atoms with Crippen molar-refractivity contribution in [1.29, 1.82) is 0 Å². The Morgan fingerprint density at radius 3 is 2.33 bits per heavy atom. The lowest BCUT2D eigenvalue weighted by Crippen LogP contribution is -1.83.